The van der Waals surface area contributed by atoms with Crippen LogP contribution in [-0.4, -0.2) is 12.8 Å². The predicted octanol–water partition coefficient (Wildman–Crippen LogP) is 5.30. The molecule has 0 spiro atoms. The molecule has 0 bridgehead atoms. The van der Waals surface area contributed by atoms with Gasteiger partial charge in [0.15, 0.2) is 0 Å². The van der Waals surface area contributed by atoms with Crippen LogP contribution in [0.15, 0.2) is 18.2 Å². The first-order chi connectivity index (χ1) is 10.2. The predicted molar refractivity (Wildman–Crippen MR) is 85.9 cm³/mol. The van der Waals surface area contributed by atoms with Gasteiger partial charge < -0.3 is 9.47 Å². The minimum absolute atomic E-state index is 0.434. The summed E-state index contributed by atoms with van der Waals surface area (Å²) in [5.74, 6) is 0.636. The summed E-state index contributed by atoms with van der Waals surface area (Å²) in [4.78, 5) is 11.7. The van der Waals surface area contributed by atoms with Crippen molar-refractivity contribution in [2.45, 2.75) is 65.7 Å². The van der Waals surface area contributed by atoms with Gasteiger partial charge in [0.05, 0.1) is 6.61 Å². The summed E-state index contributed by atoms with van der Waals surface area (Å²) in [6.07, 6.45) is 6.59. The molecule has 21 heavy (non-hydrogen) atoms. The van der Waals surface area contributed by atoms with Gasteiger partial charge in [0.1, 0.15) is 5.75 Å². The lowest BCUT2D eigenvalue weighted by Gasteiger charge is -2.11. The number of hydrogen-bond acceptors (Lipinski definition) is 3. The van der Waals surface area contributed by atoms with E-state index in [1.165, 1.54) is 5.56 Å². The molecule has 0 radical (unpaired) electrons. The fourth-order valence-electron chi connectivity index (χ4n) is 2.27. The Balaban J connectivity index is 2.61. The van der Waals surface area contributed by atoms with E-state index in [4.69, 9.17) is 9.47 Å². The Hall–Kier alpha value is -1.51. The van der Waals surface area contributed by atoms with E-state index < -0.39 is 6.16 Å². The highest BCUT2D eigenvalue weighted by atomic mass is 16.7. The first kappa shape index (κ1) is 17.5. The summed E-state index contributed by atoms with van der Waals surface area (Å²) < 4.78 is 10.4. The standard InChI is InChI=1S/C18H28O3/c1-4-7-8-13-20-18(19)21-17-12-11-15(9-5-2)14-16(17)10-6-3/h11-12,14H,4-10,13H2,1-3H3. The molecule has 3 nitrogen and oxygen atoms in total. The summed E-state index contributed by atoms with van der Waals surface area (Å²) in [6, 6.07) is 6.07. The minimum Gasteiger partial charge on any atom is -0.434 e. The van der Waals surface area contributed by atoms with E-state index in [1.54, 1.807) is 0 Å². The van der Waals surface area contributed by atoms with E-state index in [-0.39, 0.29) is 0 Å². The first-order valence-corrected chi connectivity index (χ1v) is 8.17. The molecule has 0 aliphatic carbocycles. The van der Waals surface area contributed by atoms with Crippen molar-refractivity contribution < 1.29 is 14.3 Å². The maximum absolute atomic E-state index is 11.7. The van der Waals surface area contributed by atoms with Gasteiger partial charge in [0.2, 0.25) is 0 Å². The Labute approximate surface area is 128 Å². The normalized spacial score (nSPS) is 10.4. The molecule has 0 amide bonds. The average Bonchev–Trinajstić information content (AvgIpc) is 2.47. The Kier molecular flexibility index (Phi) is 8.56. The van der Waals surface area contributed by atoms with Crippen LogP contribution in [0.25, 0.3) is 0 Å². The van der Waals surface area contributed by atoms with Crippen molar-refractivity contribution >= 4 is 6.16 Å². The van der Waals surface area contributed by atoms with Crippen LogP contribution in [0.1, 0.15) is 64.0 Å². The monoisotopic (exact) mass is 292 g/mol. The van der Waals surface area contributed by atoms with Gasteiger partial charge in [-0.1, -0.05) is 58.6 Å². The minimum atomic E-state index is -0.591. The molecule has 0 heterocycles. The number of ether oxygens (including phenoxy) is 2. The Morgan fingerprint density at radius 2 is 1.76 bits per heavy atom. The fourth-order valence-corrected chi connectivity index (χ4v) is 2.27. The molecule has 0 aliphatic rings. The molecule has 1 aromatic rings. The van der Waals surface area contributed by atoms with Gasteiger partial charge >= 0.3 is 6.16 Å². The third-order valence-corrected chi connectivity index (χ3v) is 3.34. The van der Waals surface area contributed by atoms with Crippen molar-refractivity contribution in [3.05, 3.63) is 29.3 Å². The second kappa shape index (κ2) is 10.3. The summed E-state index contributed by atoms with van der Waals surface area (Å²) >= 11 is 0. The number of rotatable bonds is 9. The lowest BCUT2D eigenvalue weighted by Crippen LogP contribution is -2.12. The Bertz CT molecular complexity index is 426. The van der Waals surface area contributed by atoms with E-state index in [2.05, 4.69) is 26.8 Å². The quantitative estimate of drug-likeness (QED) is 0.352. The maximum atomic E-state index is 11.7. The molecule has 1 aromatic carbocycles. The number of carbonyl (C=O) groups is 1. The van der Waals surface area contributed by atoms with Crippen LogP contribution >= 0.6 is 0 Å². The number of unbranched alkanes of at least 4 members (excludes halogenated alkanes) is 2. The highest BCUT2D eigenvalue weighted by molar-refractivity contribution is 5.64. The summed E-state index contributed by atoms with van der Waals surface area (Å²) in [5, 5.41) is 0. The largest absolute Gasteiger partial charge is 0.513 e. The summed E-state index contributed by atoms with van der Waals surface area (Å²) in [6.45, 7) is 6.84. The average molecular weight is 292 g/mol. The molecule has 118 valence electrons. The molecule has 0 saturated carbocycles. The van der Waals surface area contributed by atoms with Crippen molar-refractivity contribution in [2.24, 2.45) is 0 Å². The van der Waals surface area contributed by atoms with Gasteiger partial charge in [-0.2, -0.15) is 0 Å². The molecular formula is C18H28O3. The van der Waals surface area contributed by atoms with E-state index in [9.17, 15) is 4.79 Å². The van der Waals surface area contributed by atoms with E-state index in [0.717, 1.165) is 50.5 Å². The molecule has 0 N–H and O–H groups in total. The molecule has 0 aromatic heterocycles. The van der Waals surface area contributed by atoms with Gasteiger partial charge in [-0.05, 0) is 36.5 Å². The molecular weight excluding hydrogens is 264 g/mol. The zero-order valence-electron chi connectivity index (χ0n) is 13.6. The number of carbonyl (C=O) groups excluding carboxylic acids is 1. The van der Waals surface area contributed by atoms with Gasteiger partial charge in [0.25, 0.3) is 0 Å². The van der Waals surface area contributed by atoms with Crippen LogP contribution in [0.3, 0.4) is 0 Å². The second-order valence-corrected chi connectivity index (χ2v) is 5.35. The summed E-state index contributed by atoms with van der Waals surface area (Å²) in [7, 11) is 0. The molecule has 0 fully saturated rings. The molecule has 3 heteroatoms. The van der Waals surface area contributed by atoms with Crippen molar-refractivity contribution in [3.8, 4) is 5.75 Å². The maximum Gasteiger partial charge on any atom is 0.513 e. The third kappa shape index (κ3) is 6.65. The van der Waals surface area contributed by atoms with Crippen LogP contribution in [0, 0.1) is 0 Å². The van der Waals surface area contributed by atoms with Crippen molar-refractivity contribution in [3.63, 3.8) is 0 Å². The highest BCUT2D eigenvalue weighted by Crippen LogP contribution is 2.23. The Morgan fingerprint density at radius 1 is 1.00 bits per heavy atom. The summed E-state index contributed by atoms with van der Waals surface area (Å²) in [5.41, 5.74) is 2.39. The topological polar surface area (TPSA) is 35.5 Å². The number of hydrogen-bond donors (Lipinski definition) is 0. The molecule has 1 rings (SSSR count). The van der Waals surface area contributed by atoms with Crippen LogP contribution in [-0.2, 0) is 17.6 Å². The van der Waals surface area contributed by atoms with Crippen LogP contribution < -0.4 is 4.74 Å². The highest BCUT2D eigenvalue weighted by Gasteiger charge is 2.10. The molecule has 0 unspecified atom stereocenters. The van der Waals surface area contributed by atoms with E-state index in [1.807, 2.05) is 12.1 Å². The molecule has 0 saturated heterocycles. The molecule has 0 aliphatic heterocycles. The third-order valence-electron chi connectivity index (χ3n) is 3.34. The van der Waals surface area contributed by atoms with E-state index >= 15 is 0 Å². The lowest BCUT2D eigenvalue weighted by atomic mass is 10.0. The number of aryl methyl sites for hydroxylation is 2. The van der Waals surface area contributed by atoms with Crippen molar-refractivity contribution in [1.29, 1.82) is 0 Å². The van der Waals surface area contributed by atoms with Crippen LogP contribution in [0.5, 0.6) is 5.75 Å². The fraction of sp³-hybridized carbons (Fsp3) is 0.611. The van der Waals surface area contributed by atoms with Gasteiger partial charge in [0, 0.05) is 0 Å². The van der Waals surface area contributed by atoms with Gasteiger partial charge in [-0.25, -0.2) is 4.79 Å². The number of benzene rings is 1. The van der Waals surface area contributed by atoms with Crippen LogP contribution in [0.2, 0.25) is 0 Å². The second-order valence-electron chi connectivity index (χ2n) is 5.35. The van der Waals surface area contributed by atoms with Gasteiger partial charge in [-0.3, -0.25) is 0 Å². The first-order valence-electron chi connectivity index (χ1n) is 8.17. The SMILES string of the molecule is CCCCCOC(=O)Oc1ccc(CCC)cc1CCC. The van der Waals surface area contributed by atoms with E-state index in [0.29, 0.717) is 12.4 Å². The lowest BCUT2D eigenvalue weighted by molar-refractivity contribution is 0.0970. The zero-order valence-corrected chi connectivity index (χ0v) is 13.6. The smallest absolute Gasteiger partial charge is 0.434 e. The van der Waals surface area contributed by atoms with Gasteiger partial charge in [-0.15, -0.1) is 0 Å². The Morgan fingerprint density at radius 3 is 2.43 bits per heavy atom. The zero-order chi connectivity index (χ0) is 15.5. The molecule has 0 atom stereocenters. The van der Waals surface area contributed by atoms with Crippen LogP contribution in [0.4, 0.5) is 4.79 Å². The van der Waals surface area contributed by atoms with Crippen molar-refractivity contribution in [2.75, 3.05) is 6.61 Å². The van der Waals surface area contributed by atoms with Crippen molar-refractivity contribution in [1.82, 2.24) is 0 Å².